The fourth-order valence-corrected chi connectivity index (χ4v) is 18.8. The summed E-state index contributed by atoms with van der Waals surface area (Å²) < 4.78 is 16.3. The minimum atomic E-state index is -0.226. The Morgan fingerprint density at radius 1 is 0.232 bits per heavy atom. The smallest absolute Gasteiger partial charge is 0.248 e. The minimum Gasteiger partial charge on any atom is -0.416 e. The quantitative estimate of drug-likeness (QED) is 0.0354. The Balaban J connectivity index is 0.932. The van der Waals surface area contributed by atoms with Crippen LogP contribution in [0, 0.1) is 0 Å². The number of aromatic nitrogens is 4. The van der Waals surface area contributed by atoms with Crippen molar-refractivity contribution in [2.45, 2.75) is 327 Å². The van der Waals surface area contributed by atoms with E-state index in [1.807, 2.05) is 0 Å². The fourth-order valence-electron chi connectivity index (χ4n) is 18.1. The molecule has 0 amide bonds. The van der Waals surface area contributed by atoms with Crippen molar-refractivity contribution in [2.75, 3.05) is 0 Å². The van der Waals surface area contributed by atoms with Crippen LogP contribution >= 0.6 is 31.9 Å². The number of rotatable bonds is 46. The van der Waals surface area contributed by atoms with Crippen LogP contribution in [-0.4, -0.2) is 20.4 Å². The Labute approximate surface area is 615 Å². The summed E-state index contributed by atoms with van der Waals surface area (Å²) in [6.07, 6.45) is 52.7. The largest absolute Gasteiger partial charge is 0.416 e. The molecule has 0 spiro atoms. The van der Waals surface area contributed by atoms with E-state index in [1.54, 1.807) is 0 Å². The molecule has 0 saturated heterocycles. The van der Waals surface area contributed by atoms with Gasteiger partial charge < -0.3 is 8.83 Å². The Bertz CT molecular complexity index is 3550. The van der Waals surface area contributed by atoms with Crippen molar-refractivity contribution < 1.29 is 8.83 Å². The molecule has 2 heterocycles. The van der Waals surface area contributed by atoms with Crippen molar-refractivity contribution in [3.63, 3.8) is 0 Å². The molecule has 6 aromatic carbocycles. The molecule has 6 nitrogen and oxygen atoms in total. The Morgan fingerprint density at radius 3 is 0.626 bits per heavy atom. The Hall–Kier alpha value is -5.44. The second-order valence-corrected chi connectivity index (χ2v) is 32.4. The van der Waals surface area contributed by atoms with Crippen LogP contribution in [0.1, 0.15) is 345 Å². The van der Waals surface area contributed by atoms with Gasteiger partial charge in [-0.05, 0) is 178 Å². The number of nitrogens with zero attached hydrogens (tertiary/aromatic N) is 4. The first kappa shape index (κ1) is 74.7. The maximum absolute atomic E-state index is 7.01. The molecule has 0 N–H and O–H groups in total. The molecule has 99 heavy (non-hydrogen) atoms. The van der Waals surface area contributed by atoms with E-state index in [9.17, 15) is 0 Å². The van der Waals surface area contributed by atoms with E-state index in [2.05, 4.69) is 183 Å². The highest BCUT2D eigenvalue weighted by atomic mass is 79.9. The molecule has 3 aliphatic carbocycles. The highest BCUT2D eigenvalue weighted by Crippen LogP contribution is 2.59. The summed E-state index contributed by atoms with van der Waals surface area (Å²) in [6.45, 7) is 13.9. The first-order chi connectivity index (χ1) is 48.6. The second-order valence-electron chi connectivity index (χ2n) is 30.6. The highest BCUT2D eigenvalue weighted by molar-refractivity contribution is 9.10. The summed E-state index contributed by atoms with van der Waals surface area (Å²) in [4.78, 5) is 0. The summed E-state index contributed by atoms with van der Waals surface area (Å²) in [6, 6.07) is 42.4. The third-order valence-corrected chi connectivity index (χ3v) is 24.6. The predicted octanol–water partition coefficient (Wildman–Crippen LogP) is 29.9. The number of hydrogen-bond acceptors (Lipinski definition) is 6. The average Bonchev–Trinajstić information content (AvgIpc) is 1.58. The molecule has 8 aromatic rings. The van der Waals surface area contributed by atoms with E-state index in [0.29, 0.717) is 23.6 Å². The Morgan fingerprint density at radius 2 is 0.414 bits per heavy atom. The summed E-state index contributed by atoms with van der Waals surface area (Å²) in [5, 5.41) is 19.8. The zero-order valence-corrected chi connectivity index (χ0v) is 65.1. The van der Waals surface area contributed by atoms with E-state index < -0.39 is 0 Å². The van der Waals surface area contributed by atoms with Crippen molar-refractivity contribution in [1.82, 2.24) is 20.4 Å². The van der Waals surface area contributed by atoms with Gasteiger partial charge in [-0.15, -0.1) is 20.4 Å². The molecule has 0 fully saturated rings. The first-order valence-corrected chi connectivity index (χ1v) is 42.1. The lowest BCUT2D eigenvalue weighted by Crippen LogP contribution is -2.25. The molecule has 0 bridgehead atoms. The van der Waals surface area contributed by atoms with Crippen LogP contribution < -0.4 is 0 Å². The average molecular weight is 1460 g/mol. The van der Waals surface area contributed by atoms with Gasteiger partial charge in [0.25, 0.3) is 0 Å². The maximum Gasteiger partial charge on any atom is 0.248 e. The molecule has 0 unspecified atom stereocenters. The highest BCUT2D eigenvalue weighted by Gasteiger charge is 2.46. The molecular weight excluding hydrogens is 1340 g/mol. The van der Waals surface area contributed by atoms with E-state index in [-0.39, 0.29) is 16.2 Å². The number of fused-ring (bicyclic) bond motifs is 9. The Kier molecular flexibility index (Phi) is 28.0. The minimum absolute atomic E-state index is 0.0697. The summed E-state index contributed by atoms with van der Waals surface area (Å²) in [5.74, 6) is 2.35. The van der Waals surface area contributed by atoms with Gasteiger partial charge in [0.1, 0.15) is 0 Å². The molecule has 0 radical (unpaired) electrons. The van der Waals surface area contributed by atoms with E-state index in [1.165, 1.54) is 298 Å². The predicted molar refractivity (Wildman–Crippen MR) is 426 cm³/mol. The van der Waals surface area contributed by atoms with E-state index in [4.69, 9.17) is 29.2 Å². The zero-order valence-electron chi connectivity index (χ0n) is 62.0. The molecule has 3 aliphatic rings. The van der Waals surface area contributed by atoms with Crippen molar-refractivity contribution >= 4 is 31.9 Å². The number of halogens is 2. The monoisotopic (exact) mass is 1460 g/mol. The molecule has 0 aliphatic heterocycles. The number of hydrogen-bond donors (Lipinski definition) is 0. The van der Waals surface area contributed by atoms with Crippen LogP contribution in [0.15, 0.2) is 127 Å². The fraction of sp³-hybridized carbons (Fsp3) is 0.560. The standard InChI is InChI=1S/C91H120Br2N4O2/c1-7-13-19-25-31-37-55-89(56-38-32-26-20-14-8-2)79-61-67(85-94-96-87(98-85)69-45-51-75-77-53-47-71(92)65-83(77)90(81(75)63-69,57-39-33-27-21-15-9-3)58-40-34-28-22-16-10-4)43-49-73(79)74-50-44-68(62-80(74)89)86-95-97-88(99-86)70-46-52-76-78-54-48-72(93)66-84(78)91(82(76)64-70,59-41-35-29-23-17-11-5)60-42-36-30-24-18-12-6/h43-54,61-66H,7-42,55-60H2,1-6H3. The zero-order chi connectivity index (χ0) is 68.9. The molecule has 0 atom stereocenters. The first-order valence-electron chi connectivity index (χ1n) is 40.5. The van der Waals surface area contributed by atoms with Gasteiger partial charge in [0, 0.05) is 47.4 Å². The lowest BCUT2D eigenvalue weighted by molar-refractivity contribution is 0.397. The van der Waals surface area contributed by atoms with Crippen LogP contribution in [0.2, 0.25) is 0 Å². The summed E-state index contributed by atoms with van der Waals surface area (Å²) in [7, 11) is 0. The van der Waals surface area contributed by atoms with Gasteiger partial charge in [-0.3, -0.25) is 0 Å². The van der Waals surface area contributed by atoms with Gasteiger partial charge in [-0.1, -0.05) is 341 Å². The van der Waals surface area contributed by atoms with Crippen LogP contribution in [0.4, 0.5) is 0 Å². The van der Waals surface area contributed by atoms with Gasteiger partial charge in [-0.25, -0.2) is 0 Å². The normalized spacial score (nSPS) is 14.2. The SMILES string of the molecule is CCCCCCCCC1(CCCCCCCC)c2cc(Br)ccc2-c2ccc(-c3nnc(-c4ccc5c(c4)C(CCCCCCCC)(CCCCCCCC)c4cc(-c6nnc(-c7ccc8c(c7)C(CCCCCCCC)(CCCCCCCC)c7cc(Br)ccc7-8)o6)ccc4-5)o3)cc21. The molecule has 530 valence electrons. The van der Waals surface area contributed by atoms with Crippen molar-refractivity contribution in [3.05, 3.63) is 152 Å². The van der Waals surface area contributed by atoms with Crippen LogP contribution in [-0.2, 0) is 16.2 Å². The van der Waals surface area contributed by atoms with Gasteiger partial charge in [0.2, 0.25) is 23.6 Å². The molecular formula is C91H120Br2N4O2. The number of unbranched alkanes of at least 4 members (excludes halogenated alkanes) is 30. The molecule has 8 heteroatoms. The van der Waals surface area contributed by atoms with Crippen molar-refractivity contribution in [2.24, 2.45) is 0 Å². The number of benzene rings is 6. The van der Waals surface area contributed by atoms with Crippen molar-refractivity contribution in [3.8, 4) is 79.2 Å². The second kappa shape index (κ2) is 37.1. The summed E-state index contributed by atoms with van der Waals surface area (Å²) >= 11 is 7.90. The van der Waals surface area contributed by atoms with E-state index >= 15 is 0 Å². The van der Waals surface area contributed by atoms with Gasteiger partial charge in [0.15, 0.2) is 0 Å². The molecule has 2 aromatic heterocycles. The molecule has 0 saturated carbocycles. The van der Waals surface area contributed by atoms with Gasteiger partial charge in [0.05, 0.1) is 0 Å². The summed E-state index contributed by atoms with van der Waals surface area (Å²) in [5.41, 5.74) is 20.4. The lowest BCUT2D eigenvalue weighted by Gasteiger charge is -2.33. The third kappa shape index (κ3) is 17.5. The van der Waals surface area contributed by atoms with Crippen LogP contribution in [0.25, 0.3) is 79.2 Å². The maximum atomic E-state index is 7.01. The van der Waals surface area contributed by atoms with Crippen LogP contribution in [0.5, 0.6) is 0 Å². The van der Waals surface area contributed by atoms with Crippen molar-refractivity contribution in [1.29, 1.82) is 0 Å². The van der Waals surface area contributed by atoms with Gasteiger partial charge >= 0.3 is 0 Å². The van der Waals surface area contributed by atoms with Gasteiger partial charge in [-0.2, -0.15) is 0 Å². The molecule has 11 rings (SSSR count). The third-order valence-electron chi connectivity index (χ3n) is 23.6. The van der Waals surface area contributed by atoms with E-state index in [0.717, 1.165) is 69.7 Å². The van der Waals surface area contributed by atoms with Crippen LogP contribution in [0.3, 0.4) is 0 Å². The topological polar surface area (TPSA) is 77.8 Å². The lowest BCUT2D eigenvalue weighted by atomic mass is 9.70.